The van der Waals surface area contributed by atoms with Crippen molar-refractivity contribution in [2.45, 2.75) is 72.1 Å². The number of hydrogen-bond acceptors (Lipinski definition) is 2. The van der Waals surface area contributed by atoms with Gasteiger partial charge in [-0.3, -0.25) is 4.72 Å². The van der Waals surface area contributed by atoms with Gasteiger partial charge < -0.3 is 0 Å². The normalized spacial score (nSPS) is 12.1. The summed E-state index contributed by atoms with van der Waals surface area (Å²) in [5, 5.41) is 0. The smallest absolute Gasteiger partial charge is 0.262 e. The average molecular weight is 374 g/mol. The van der Waals surface area contributed by atoms with Crippen molar-refractivity contribution in [1.82, 2.24) is 0 Å². The van der Waals surface area contributed by atoms with E-state index >= 15 is 0 Å². The Morgan fingerprint density at radius 3 is 1.62 bits per heavy atom. The lowest BCUT2D eigenvalue weighted by molar-refractivity contribution is 0.599. The molecule has 0 saturated heterocycles. The highest BCUT2D eigenvalue weighted by atomic mass is 32.2. The van der Waals surface area contributed by atoms with Gasteiger partial charge in [-0.1, -0.05) is 52.0 Å². The monoisotopic (exact) mass is 373 g/mol. The first kappa shape index (κ1) is 20.5. The first-order valence-corrected chi connectivity index (χ1v) is 10.7. The Labute approximate surface area is 158 Å². The summed E-state index contributed by atoms with van der Waals surface area (Å²) in [6, 6.07) is 8.08. The molecule has 1 N–H and O–H groups in total. The molecule has 4 heteroatoms. The van der Waals surface area contributed by atoms with Crippen molar-refractivity contribution in [3.63, 3.8) is 0 Å². The Hall–Kier alpha value is -1.81. The van der Waals surface area contributed by atoms with Crippen molar-refractivity contribution < 1.29 is 8.42 Å². The van der Waals surface area contributed by atoms with E-state index in [0.717, 1.165) is 39.1 Å². The van der Waals surface area contributed by atoms with Crippen LogP contribution in [0, 0.1) is 27.7 Å². The summed E-state index contributed by atoms with van der Waals surface area (Å²) < 4.78 is 29.7. The molecule has 26 heavy (non-hydrogen) atoms. The minimum absolute atomic E-state index is 0.229. The molecule has 142 valence electrons. The van der Waals surface area contributed by atoms with E-state index in [0.29, 0.717) is 4.90 Å². The van der Waals surface area contributed by atoms with Crippen molar-refractivity contribution in [2.24, 2.45) is 0 Å². The van der Waals surface area contributed by atoms with E-state index in [1.54, 1.807) is 0 Å². The Morgan fingerprint density at radius 2 is 1.23 bits per heavy atom. The lowest BCUT2D eigenvalue weighted by Crippen LogP contribution is -2.19. The summed E-state index contributed by atoms with van der Waals surface area (Å²) in [6.07, 6.45) is 0. The zero-order chi connectivity index (χ0) is 19.8. The van der Waals surface area contributed by atoms with Crippen LogP contribution in [0.2, 0.25) is 0 Å². The van der Waals surface area contributed by atoms with Crippen LogP contribution in [-0.4, -0.2) is 8.42 Å². The number of rotatable bonds is 5. The lowest BCUT2D eigenvalue weighted by atomic mass is 9.93. The van der Waals surface area contributed by atoms with E-state index in [9.17, 15) is 8.42 Å². The summed E-state index contributed by atoms with van der Waals surface area (Å²) in [5.41, 5.74) is 6.40. The molecule has 0 bridgehead atoms. The molecule has 0 amide bonds. The predicted molar refractivity (Wildman–Crippen MR) is 111 cm³/mol. The Balaban J connectivity index is 2.70. The molecule has 0 atom stereocenters. The third-order valence-corrected chi connectivity index (χ3v) is 6.80. The molecule has 0 saturated carbocycles. The summed E-state index contributed by atoms with van der Waals surface area (Å²) in [5.74, 6) is 0.459. The highest BCUT2D eigenvalue weighted by Crippen LogP contribution is 2.35. The number of sulfonamides is 1. The van der Waals surface area contributed by atoms with Crippen molar-refractivity contribution in [1.29, 1.82) is 0 Å². The van der Waals surface area contributed by atoms with E-state index in [4.69, 9.17) is 0 Å². The molecular formula is C22H31NO2S. The quantitative estimate of drug-likeness (QED) is 0.702. The van der Waals surface area contributed by atoms with Gasteiger partial charge in [-0.05, 0) is 72.9 Å². The second-order valence-electron chi connectivity index (χ2n) is 7.82. The van der Waals surface area contributed by atoms with Crippen LogP contribution in [0.3, 0.4) is 0 Å². The molecule has 0 aromatic heterocycles. The van der Waals surface area contributed by atoms with Crippen LogP contribution in [0.15, 0.2) is 29.2 Å². The van der Waals surface area contributed by atoms with E-state index < -0.39 is 10.0 Å². The van der Waals surface area contributed by atoms with Gasteiger partial charge in [0.2, 0.25) is 0 Å². The second-order valence-corrected chi connectivity index (χ2v) is 9.44. The first-order chi connectivity index (χ1) is 12.0. The fourth-order valence-electron chi connectivity index (χ4n) is 3.44. The van der Waals surface area contributed by atoms with Crippen LogP contribution in [0.1, 0.15) is 72.9 Å². The summed E-state index contributed by atoms with van der Waals surface area (Å²) >= 11 is 0. The van der Waals surface area contributed by atoms with Crippen molar-refractivity contribution in [2.75, 3.05) is 4.72 Å². The molecule has 0 aliphatic rings. The summed E-state index contributed by atoms with van der Waals surface area (Å²) in [6.45, 7) is 16.0. The third kappa shape index (κ3) is 3.80. The molecular weight excluding hydrogens is 342 g/mol. The molecule has 0 radical (unpaired) electrons. The standard InChI is InChI=1S/C22H31NO2S/c1-13(2)19-10-9-11-20(14(3)4)21(19)23-26(24,25)22-17(7)15(5)12-16(6)18(22)8/h9-14,23H,1-8H3. The van der Waals surface area contributed by atoms with E-state index in [1.165, 1.54) is 0 Å². The fraction of sp³-hybridized carbons (Fsp3) is 0.455. The van der Waals surface area contributed by atoms with Gasteiger partial charge in [0.05, 0.1) is 10.6 Å². The van der Waals surface area contributed by atoms with Gasteiger partial charge in [0, 0.05) is 0 Å². The predicted octanol–water partition coefficient (Wildman–Crippen LogP) is 5.97. The number of anilines is 1. The lowest BCUT2D eigenvalue weighted by Gasteiger charge is -2.22. The molecule has 0 fully saturated rings. The van der Waals surface area contributed by atoms with Gasteiger partial charge in [0.15, 0.2) is 0 Å². The maximum Gasteiger partial charge on any atom is 0.262 e. The highest BCUT2D eigenvalue weighted by Gasteiger charge is 2.25. The van der Waals surface area contributed by atoms with Gasteiger partial charge in [-0.25, -0.2) is 8.42 Å². The van der Waals surface area contributed by atoms with Crippen molar-refractivity contribution in [3.8, 4) is 0 Å². The second kappa shape index (κ2) is 7.43. The number of aryl methyl sites for hydroxylation is 2. The molecule has 0 aliphatic carbocycles. The number of hydrogen-bond donors (Lipinski definition) is 1. The van der Waals surface area contributed by atoms with Crippen molar-refractivity contribution >= 4 is 15.7 Å². The molecule has 0 aliphatic heterocycles. The first-order valence-electron chi connectivity index (χ1n) is 9.20. The minimum atomic E-state index is -3.68. The number of nitrogens with one attached hydrogen (secondary N) is 1. The van der Waals surface area contributed by atoms with Crippen LogP contribution in [0.5, 0.6) is 0 Å². The average Bonchev–Trinajstić information content (AvgIpc) is 2.52. The Morgan fingerprint density at radius 1 is 0.808 bits per heavy atom. The molecule has 2 aromatic rings. The molecule has 0 unspecified atom stereocenters. The van der Waals surface area contributed by atoms with Gasteiger partial charge in [0.25, 0.3) is 10.0 Å². The maximum absolute atomic E-state index is 13.4. The Kier molecular flexibility index (Phi) is 5.86. The molecule has 2 aromatic carbocycles. The van der Waals surface area contributed by atoms with Gasteiger partial charge in [-0.2, -0.15) is 0 Å². The van der Waals surface area contributed by atoms with Crippen LogP contribution in [0.25, 0.3) is 0 Å². The fourth-order valence-corrected chi connectivity index (χ4v) is 5.17. The molecule has 2 rings (SSSR count). The largest absolute Gasteiger partial charge is 0.279 e. The number of benzene rings is 2. The highest BCUT2D eigenvalue weighted by molar-refractivity contribution is 7.92. The minimum Gasteiger partial charge on any atom is -0.279 e. The maximum atomic E-state index is 13.4. The van der Waals surface area contributed by atoms with E-state index in [2.05, 4.69) is 32.4 Å². The zero-order valence-corrected chi connectivity index (χ0v) is 18.0. The van der Waals surface area contributed by atoms with E-state index in [-0.39, 0.29) is 11.8 Å². The van der Waals surface area contributed by atoms with Crippen LogP contribution in [-0.2, 0) is 10.0 Å². The summed E-state index contributed by atoms with van der Waals surface area (Å²) in [7, 11) is -3.68. The Bertz CT molecular complexity index is 873. The van der Waals surface area contributed by atoms with Crippen LogP contribution in [0.4, 0.5) is 5.69 Å². The van der Waals surface area contributed by atoms with Crippen LogP contribution >= 0.6 is 0 Å². The molecule has 3 nitrogen and oxygen atoms in total. The van der Waals surface area contributed by atoms with Crippen LogP contribution < -0.4 is 4.72 Å². The SMILES string of the molecule is Cc1cc(C)c(C)c(S(=O)(=O)Nc2c(C(C)C)cccc2C(C)C)c1C. The molecule has 0 heterocycles. The van der Waals surface area contributed by atoms with Crippen molar-refractivity contribution in [3.05, 3.63) is 57.6 Å². The zero-order valence-electron chi connectivity index (χ0n) is 17.2. The van der Waals surface area contributed by atoms with Gasteiger partial charge >= 0.3 is 0 Å². The third-order valence-electron chi connectivity index (χ3n) is 5.18. The van der Waals surface area contributed by atoms with Gasteiger partial charge in [-0.15, -0.1) is 0 Å². The summed E-state index contributed by atoms with van der Waals surface area (Å²) in [4.78, 5) is 0.406. The molecule has 0 spiro atoms. The topological polar surface area (TPSA) is 46.2 Å². The van der Waals surface area contributed by atoms with E-state index in [1.807, 2.05) is 52.0 Å². The number of para-hydroxylation sites is 1. The van der Waals surface area contributed by atoms with Gasteiger partial charge in [0.1, 0.15) is 0 Å².